The van der Waals surface area contributed by atoms with Crippen LogP contribution in [0.4, 0.5) is 0 Å². The van der Waals surface area contributed by atoms with Gasteiger partial charge in [0, 0.05) is 37.8 Å². The summed E-state index contributed by atoms with van der Waals surface area (Å²) in [6.07, 6.45) is 2.68. The number of piperazine rings is 1. The molecule has 2 aliphatic heterocycles. The summed E-state index contributed by atoms with van der Waals surface area (Å²) in [6.45, 7) is 6.77. The van der Waals surface area contributed by atoms with E-state index < -0.39 is 0 Å². The summed E-state index contributed by atoms with van der Waals surface area (Å²) in [5.74, 6) is 0. The quantitative estimate of drug-likeness (QED) is 0.662. The van der Waals surface area contributed by atoms with Crippen molar-refractivity contribution in [2.24, 2.45) is 5.73 Å². The van der Waals surface area contributed by atoms with E-state index >= 15 is 0 Å². The number of hydrogen-bond donors (Lipinski definition) is 2. The monoisotopic (exact) mass is 213 g/mol. The first-order valence-corrected chi connectivity index (χ1v) is 6.05. The predicted octanol–water partition coefficient (Wildman–Crippen LogP) is -0.525. The van der Waals surface area contributed by atoms with E-state index in [4.69, 9.17) is 10.8 Å². The minimum absolute atomic E-state index is 0.0830. The lowest BCUT2D eigenvalue weighted by atomic mass is 10.1. The molecule has 0 bridgehead atoms. The lowest BCUT2D eigenvalue weighted by Crippen LogP contribution is -2.57. The van der Waals surface area contributed by atoms with E-state index in [1.54, 1.807) is 0 Å². The predicted molar refractivity (Wildman–Crippen MR) is 60.7 cm³/mol. The zero-order chi connectivity index (χ0) is 10.8. The number of aliphatic hydroxyl groups is 1. The molecule has 2 fully saturated rings. The van der Waals surface area contributed by atoms with Gasteiger partial charge in [-0.25, -0.2) is 0 Å². The first kappa shape index (κ1) is 11.3. The van der Waals surface area contributed by atoms with Gasteiger partial charge < -0.3 is 10.8 Å². The van der Waals surface area contributed by atoms with Gasteiger partial charge in [0.2, 0.25) is 0 Å². The molecule has 0 aromatic rings. The fraction of sp³-hybridized carbons (Fsp3) is 1.00. The number of rotatable bonds is 3. The molecule has 3 N–H and O–H groups in total. The van der Waals surface area contributed by atoms with Crippen LogP contribution in [0.25, 0.3) is 0 Å². The zero-order valence-electron chi connectivity index (χ0n) is 9.60. The topological polar surface area (TPSA) is 52.7 Å². The van der Waals surface area contributed by atoms with Gasteiger partial charge in [-0.2, -0.15) is 0 Å². The summed E-state index contributed by atoms with van der Waals surface area (Å²) < 4.78 is 0. The number of nitrogens with two attached hydrogens (primary N) is 1. The van der Waals surface area contributed by atoms with E-state index in [9.17, 15) is 0 Å². The van der Waals surface area contributed by atoms with Crippen LogP contribution in [0.15, 0.2) is 0 Å². The highest BCUT2D eigenvalue weighted by atomic mass is 16.3. The van der Waals surface area contributed by atoms with Crippen molar-refractivity contribution in [3.63, 3.8) is 0 Å². The van der Waals surface area contributed by atoms with Crippen LogP contribution in [0.2, 0.25) is 0 Å². The Balaban J connectivity index is 1.89. The van der Waals surface area contributed by atoms with Crippen LogP contribution in [0.5, 0.6) is 0 Å². The molecule has 4 heteroatoms. The van der Waals surface area contributed by atoms with Crippen molar-refractivity contribution in [1.82, 2.24) is 9.80 Å². The van der Waals surface area contributed by atoms with Crippen molar-refractivity contribution >= 4 is 0 Å². The second kappa shape index (κ2) is 4.78. The van der Waals surface area contributed by atoms with Crippen molar-refractivity contribution in [3.8, 4) is 0 Å². The molecule has 15 heavy (non-hydrogen) atoms. The van der Waals surface area contributed by atoms with Gasteiger partial charge in [-0.3, -0.25) is 9.80 Å². The van der Waals surface area contributed by atoms with E-state index in [-0.39, 0.29) is 12.6 Å². The van der Waals surface area contributed by atoms with Crippen LogP contribution >= 0.6 is 0 Å². The molecule has 0 amide bonds. The Labute approximate surface area is 92.0 Å². The summed E-state index contributed by atoms with van der Waals surface area (Å²) >= 11 is 0. The molecule has 0 aliphatic carbocycles. The average Bonchev–Trinajstić information content (AvgIpc) is 2.65. The second-order valence-corrected chi connectivity index (χ2v) is 5.04. The molecule has 0 radical (unpaired) electrons. The third kappa shape index (κ3) is 2.50. The molecule has 4 nitrogen and oxygen atoms in total. The number of aliphatic hydroxyl groups excluding tert-OH is 1. The van der Waals surface area contributed by atoms with Crippen LogP contribution in [0.3, 0.4) is 0 Å². The lowest BCUT2D eigenvalue weighted by Gasteiger charge is -2.43. The van der Waals surface area contributed by atoms with Crippen LogP contribution in [-0.4, -0.2) is 65.8 Å². The summed E-state index contributed by atoms with van der Waals surface area (Å²) in [4.78, 5) is 5.04. The Morgan fingerprint density at radius 2 is 2.27 bits per heavy atom. The molecule has 0 saturated carbocycles. The van der Waals surface area contributed by atoms with Crippen molar-refractivity contribution in [3.05, 3.63) is 0 Å². The van der Waals surface area contributed by atoms with Crippen molar-refractivity contribution in [2.75, 3.05) is 32.8 Å². The SMILES string of the molecule is CC1CN2CCCC2CN1CC(N)CO. The minimum atomic E-state index is -0.0830. The Bertz CT molecular complexity index is 212. The Morgan fingerprint density at radius 3 is 3.00 bits per heavy atom. The van der Waals surface area contributed by atoms with Gasteiger partial charge >= 0.3 is 0 Å². The first-order valence-electron chi connectivity index (χ1n) is 6.05. The standard InChI is InChI=1S/C11H23N3O/c1-9-5-13-4-2-3-11(13)7-14(9)6-10(12)8-15/h9-11,15H,2-8,12H2,1H3. The third-order valence-corrected chi connectivity index (χ3v) is 3.77. The first-order chi connectivity index (χ1) is 7.20. The van der Waals surface area contributed by atoms with Crippen LogP contribution in [0.1, 0.15) is 19.8 Å². The third-order valence-electron chi connectivity index (χ3n) is 3.77. The van der Waals surface area contributed by atoms with E-state index in [0.29, 0.717) is 6.04 Å². The summed E-state index contributed by atoms with van der Waals surface area (Å²) in [5, 5.41) is 8.98. The number of hydrogen-bond acceptors (Lipinski definition) is 4. The molecular weight excluding hydrogens is 190 g/mol. The van der Waals surface area contributed by atoms with Crippen LogP contribution < -0.4 is 5.73 Å². The fourth-order valence-electron chi connectivity index (χ4n) is 2.86. The van der Waals surface area contributed by atoms with Gasteiger partial charge in [-0.15, -0.1) is 0 Å². The molecule has 0 aromatic heterocycles. The summed E-state index contributed by atoms with van der Waals surface area (Å²) in [5.41, 5.74) is 5.80. The molecule has 2 heterocycles. The van der Waals surface area contributed by atoms with Gasteiger partial charge in [0.05, 0.1) is 6.61 Å². The molecule has 2 rings (SSSR count). The average molecular weight is 213 g/mol. The Kier molecular flexibility index (Phi) is 3.61. The van der Waals surface area contributed by atoms with Crippen molar-refractivity contribution in [2.45, 2.75) is 37.9 Å². The molecule has 0 aromatic carbocycles. The molecule has 2 aliphatic rings. The molecule has 0 spiro atoms. The van der Waals surface area contributed by atoms with Gasteiger partial charge in [0.25, 0.3) is 0 Å². The molecular formula is C11H23N3O. The van der Waals surface area contributed by atoms with Crippen LogP contribution in [-0.2, 0) is 0 Å². The van der Waals surface area contributed by atoms with Gasteiger partial charge in [0.15, 0.2) is 0 Å². The highest BCUT2D eigenvalue weighted by Gasteiger charge is 2.34. The molecule has 3 atom stereocenters. The largest absolute Gasteiger partial charge is 0.395 e. The second-order valence-electron chi connectivity index (χ2n) is 5.04. The van der Waals surface area contributed by atoms with E-state index in [1.165, 1.54) is 25.9 Å². The number of nitrogens with zero attached hydrogens (tertiary/aromatic N) is 2. The van der Waals surface area contributed by atoms with Gasteiger partial charge in [-0.1, -0.05) is 0 Å². The summed E-state index contributed by atoms with van der Waals surface area (Å²) in [6, 6.07) is 1.24. The van der Waals surface area contributed by atoms with Gasteiger partial charge in [0.1, 0.15) is 0 Å². The maximum Gasteiger partial charge on any atom is 0.0595 e. The Morgan fingerprint density at radius 1 is 1.47 bits per heavy atom. The molecule has 3 unspecified atom stereocenters. The molecule has 2 saturated heterocycles. The summed E-state index contributed by atoms with van der Waals surface area (Å²) in [7, 11) is 0. The highest BCUT2D eigenvalue weighted by molar-refractivity contribution is 4.91. The maximum absolute atomic E-state index is 8.98. The zero-order valence-corrected chi connectivity index (χ0v) is 9.60. The maximum atomic E-state index is 8.98. The molecule has 88 valence electrons. The van der Waals surface area contributed by atoms with Gasteiger partial charge in [-0.05, 0) is 26.3 Å². The number of fused-ring (bicyclic) bond motifs is 1. The van der Waals surface area contributed by atoms with Crippen LogP contribution in [0, 0.1) is 0 Å². The lowest BCUT2D eigenvalue weighted by molar-refractivity contribution is 0.0504. The normalized spacial score (nSPS) is 35.4. The van der Waals surface area contributed by atoms with E-state index in [2.05, 4.69) is 16.7 Å². The Hall–Kier alpha value is -0.160. The highest BCUT2D eigenvalue weighted by Crippen LogP contribution is 2.24. The van der Waals surface area contributed by atoms with E-state index in [1.807, 2.05) is 0 Å². The minimum Gasteiger partial charge on any atom is -0.395 e. The van der Waals surface area contributed by atoms with Crippen molar-refractivity contribution < 1.29 is 5.11 Å². The van der Waals surface area contributed by atoms with E-state index in [0.717, 1.165) is 19.1 Å². The van der Waals surface area contributed by atoms with Crippen molar-refractivity contribution in [1.29, 1.82) is 0 Å². The smallest absolute Gasteiger partial charge is 0.0595 e. The fourth-order valence-corrected chi connectivity index (χ4v) is 2.86.